The number of hydrogen-bond donors (Lipinski definition) is 4. The number of carbonyl (C=O) groups excluding carboxylic acids is 1. The second kappa shape index (κ2) is 5.75. The van der Waals surface area contributed by atoms with Crippen molar-refractivity contribution in [2.24, 2.45) is 5.10 Å². The SMILES string of the molecule is O=C(N/N=C/c1c(O)cc(O)cc1O)c1ccccc1. The van der Waals surface area contributed by atoms with E-state index in [-0.39, 0.29) is 22.8 Å². The summed E-state index contributed by atoms with van der Waals surface area (Å²) in [6.45, 7) is 0. The van der Waals surface area contributed by atoms with E-state index < -0.39 is 5.91 Å². The van der Waals surface area contributed by atoms with E-state index in [1.54, 1.807) is 30.3 Å². The summed E-state index contributed by atoms with van der Waals surface area (Å²) in [6, 6.07) is 10.6. The molecule has 1 amide bonds. The molecule has 2 rings (SSSR count). The molecule has 0 radical (unpaired) electrons. The van der Waals surface area contributed by atoms with Gasteiger partial charge in [0.25, 0.3) is 5.91 Å². The van der Waals surface area contributed by atoms with Gasteiger partial charge in [-0.2, -0.15) is 5.10 Å². The van der Waals surface area contributed by atoms with Crippen LogP contribution in [0.2, 0.25) is 0 Å². The van der Waals surface area contributed by atoms with E-state index in [1.807, 2.05) is 0 Å². The van der Waals surface area contributed by atoms with Crippen LogP contribution in [-0.4, -0.2) is 27.4 Å². The highest BCUT2D eigenvalue weighted by Gasteiger charge is 2.08. The molecule has 0 heterocycles. The summed E-state index contributed by atoms with van der Waals surface area (Å²) in [6.07, 6.45) is 1.09. The zero-order valence-electron chi connectivity index (χ0n) is 10.3. The minimum atomic E-state index is -0.417. The first-order chi connectivity index (χ1) is 9.58. The molecule has 2 aromatic carbocycles. The van der Waals surface area contributed by atoms with Crippen LogP contribution < -0.4 is 5.43 Å². The molecule has 4 N–H and O–H groups in total. The van der Waals surface area contributed by atoms with Crippen LogP contribution in [0.3, 0.4) is 0 Å². The molecule has 0 unspecified atom stereocenters. The highest BCUT2D eigenvalue weighted by Crippen LogP contribution is 2.30. The van der Waals surface area contributed by atoms with Gasteiger partial charge in [-0.1, -0.05) is 18.2 Å². The van der Waals surface area contributed by atoms with Crippen molar-refractivity contribution in [2.75, 3.05) is 0 Å². The average molecular weight is 272 g/mol. The van der Waals surface area contributed by atoms with Gasteiger partial charge in [-0.25, -0.2) is 5.43 Å². The molecule has 102 valence electrons. The number of nitrogens with one attached hydrogen (secondary N) is 1. The van der Waals surface area contributed by atoms with E-state index in [9.17, 15) is 15.0 Å². The molecular formula is C14H12N2O4. The molecule has 0 aliphatic heterocycles. The van der Waals surface area contributed by atoms with Gasteiger partial charge in [-0.05, 0) is 12.1 Å². The number of carbonyl (C=O) groups is 1. The number of nitrogens with zero attached hydrogens (tertiary/aromatic N) is 1. The molecule has 0 saturated carbocycles. The van der Waals surface area contributed by atoms with Crippen LogP contribution in [-0.2, 0) is 0 Å². The largest absolute Gasteiger partial charge is 0.508 e. The van der Waals surface area contributed by atoms with Gasteiger partial charge in [-0.3, -0.25) is 4.79 Å². The first kappa shape index (κ1) is 13.4. The van der Waals surface area contributed by atoms with Crippen LogP contribution >= 0.6 is 0 Å². The van der Waals surface area contributed by atoms with Crippen molar-refractivity contribution < 1.29 is 20.1 Å². The summed E-state index contributed by atoms with van der Waals surface area (Å²) in [5, 5.41) is 31.9. The third kappa shape index (κ3) is 3.05. The summed E-state index contributed by atoms with van der Waals surface area (Å²) in [7, 11) is 0. The number of phenolic OH excluding ortho intramolecular Hbond substituents is 3. The van der Waals surface area contributed by atoms with E-state index >= 15 is 0 Å². The summed E-state index contributed by atoms with van der Waals surface area (Å²) in [5.74, 6) is -1.38. The highest BCUT2D eigenvalue weighted by atomic mass is 16.3. The van der Waals surface area contributed by atoms with Gasteiger partial charge in [0.05, 0.1) is 11.8 Å². The predicted molar refractivity (Wildman–Crippen MR) is 72.9 cm³/mol. The molecule has 20 heavy (non-hydrogen) atoms. The van der Waals surface area contributed by atoms with Crippen LogP contribution in [0, 0.1) is 0 Å². The molecule has 0 aromatic heterocycles. The number of hydrogen-bond acceptors (Lipinski definition) is 5. The third-order valence-electron chi connectivity index (χ3n) is 2.52. The molecule has 0 aliphatic rings. The zero-order chi connectivity index (χ0) is 14.5. The summed E-state index contributed by atoms with van der Waals surface area (Å²) in [5.41, 5.74) is 2.69. The molecule has 0 fully saturated rings. The van der Waals surface area contributed by atoms with Gasteiger partial charge >= 0.3 is 0 Å². The van der Waals surface area contributed by atoms with E-state index in [0.29, 0.717) is 5.56 Å². The molecule has 0 aliphatic carbocycles. The van der Waals surface area contributed by atoms with E-state index in [2.05, 4.69) is 10.5 Å². The lowest BCUT2D eigenvalue weighted by Gasteiger charge is -2.03. The lowest BCUT2D eigenvalue weighted by atomic mass is 10.2. The lowest BCUT2D eigenvalue weighted by molar-refractivity contribution is 0.0955. The van der Waals surface area contributed by atoms with Gasteiger partial charge in [0, 0.05) is 17.7 Å². The molecular weight excluding hydrogens is 260 g/mol. The number of hydrazone groups is 1. The first-order valence-corrected chi connectivity index (χ1v) is 5.71. The third-order valence-corrected chi connectivity index (χ3v) is 2.52. The molecule has 0 saturated heterocycles. The quantitative estimate of drug-likeness (QED) is 0.503. The number of rotatable bonds is 3. The van der Waals surface area contributed by atoms with Crippen LogP contribution in [0.15, 0.2) is 47.6 Å². The van der Waals surface area contributed by atoms with Crippen molar-refractivity contribution in [3.05, 3.63) is 53.6 Å². The topological polar surface area (TPSA) is 102 Å². The Morgan fingerprint density at radius 1 is 1.05 bits per heavy atom. The smallest absolute Gasteiger partial charge is 0.271 e. The van der Waals surface area contributed by atoms with Crippen molar-refractivity contribution in [3.8, 4) is 17.2 Å². The Hall–Kier alpha value is -3.02. The fourth-order valence-electron chi connectivity index (χ4n) is 1.55. The summed E-state index contributed by atoms with van der Waals surface area (Å²) < 4.78 is 0. The molecule has 6 nitrogen and oxygen atoms in total. The number of aromatic hydroxyl groups is 3. The zero-order valence-corrected chi connectivity index (χ0v) is 10.3. The Kier molecular flexibility index (Phi) is 3.85. The highest BCUT2D eigenvalue weighted by molar-refractivity contribution is 5.95. The fraction of sp³-hybridized carbons (Fsp3) is 0. The van der Waals surface area contributed by atoms with Crippen molar-refractivity contribution in [2.45, 2.75) is 0 Å². The normalized spacial score (nSPS) is 10.6. The number of amides is 1. The maximum atomic E-state index is 11.7. The van der Waals surface area contributed by atoms with Gasteiger partial charge in [0.1, 0.15) is 17.2 Å². The van der Waals surface area contributed by atoms with Crippen LogP contribution in [0.25, 0.3) is 0 Å². The van der Waals surface area contributed by atoms with Gasteiger partial charge in [-0.15, -0.1) is 0 Å². The Balaban J connectivity index is 2.10. The van der Waals surface area contributed by atoms with Crippen LogP contribution in [0.5, 0.6) is 17.2 Å². The van der Waals surface area contributed by atoms with E-state index in [1.165, 1.54) is 0 Å². The predicted octanol–water partition coefficient (Wildman–Crippen LogP) is 1.57. The van der Waals surface area contributed by atoms with Crippen LogP contribution in [0.4, 0.5) is 0 Å². The minimum Gasteiger partial charge on any atom is -0.508 e. The van der Waals surface area contributed by atoms with Gasteiger partial charge < -0.3 is 15.3 Å². The Morgan fingerprint density at radius 3 is 2.25 bits per heavy atom. The Bertz CT molecular complexity index is 630. The standard InChI is InChI=1S/C14H12N2O4/c17-10-6-12(18)11(13(19)7-10)8-15-16-14(20)9-4-2-1-3-5-9/h1-8,17-19H,(H,16,20)/b15-8+. The maximum absolute atomic E-state index is 11.7. The monoisotopic (exact) mass is 272 g/mol. The molecule has 0 bridgehead atoms. The average Bonchev–Trinajstić information content (AvgIpc) is 2.42. The Labute approximate surface area is 114 Å². The maximum Gasteiger partial charge on any atom is 0.271 e. The molecule has 0 spiro atoms. The second-order valence-electron chi connectivity index (χ2n) is 3.96. The molecule has 2 aromatic rings. The van der Waals surface area contributed by atoms with E-state index in [4.69, 9.17) is 5.11 Å². The number of benzene rings is 2. The van der Waals surface area contributed by atoms with E-state index in [0.717, 1.165) is 18.3 Å². The first-order valence-electron chi connectivity index (χ1n) is 5.71. The molecule has 0 atom stereocenters. The van der Waals surface area contributed by atoms with Gasteiger partial charge in [0.2, 0.25) is 0 Å². The van der Waals surface area contributed by atoms with Crippen molar-refractivity contribution in [3.63, 3.8) is 0 Å². The summed E-state index contributed by atoms with van der Waals surface area (Å²) >= 11 is 0. The van der Waals surface area contributed by atoms with Gasteiger partial charge in [0.15, 0.2) is 0 Å². The fourth-order valence-corrected chi connectivity index (χ4v) is 1.55. The summed E-state index contributed by atoms with van der Waals surface area (Å²) in [4.78, 5) is 11.7. The second-order valence-corrected chi connectivity index (χ2v) is 3.96. The Morgan fingerprint density at radius 2 is 1.65 bits per heavy atom. The lowest BCUT2D eigenvalue weighted by Crippen LogP contribution is -2.17. The van der Waals surface area contributed by atoms with Crippen molar-refractivity contribution in [1.29, 1.82) is 0 Å². The van der Waals surface area contributed by atoms with Crippen molar-refractivity contribution >= 4 is 12.1 Å². The van der Waals surface area contributed by atoms with Crippen LogP contribution in [0.1, 0.15) is 15.9 Å². The minimum absolute atomic E-state index is 0.00355. The molecule has 6 heteroatoms. The number of phenols is 3. The van der Waals surface area contributed by atoms with Crippen molar-refractivity contribution in [1.82, 2.24) is 5.43 Å².